The predicted molar refractivity (Wildman–Crippen MR) is 117 cm³/mol. The fraction of sp³-hybridized carbons (Fsp3) is 0.292. The first kappa shape index (κ1) is 18.6. The molecule has 0 bridgehead atoms. The van der Waals surface area contributed by atoms with Crippen molar-refractivity contribution in [1.29, 1.82) is 0 Å². The number of hydrogen-bond donors (Lipinski definition) is 2. The highest BCUT2D eigenvalue weighted by molar-refractivity contribution is 5.98. The molecule has 6 nitrogen and oxygen atoms in total. The van der Waals surface area contributed by atoms with E-state index in [1.165, 1.54) is 0 Å². The maximum absolute atomic E-state index is 13.1. The molecule has 2 atom stereocenters. The third-order valence-electron chi connectivity index (χ3n) is 5.73. The summed E-state index contributed by atoms with van der Waals surface area (Å²) in [6.07, 6.45) is 2.67. The highest BCUT2D eigenvalue weighted by Gasteiger charge is 2.42. The molecular formula is C24H24N4O2. The Balaban J connectivity index is 1.57. The van der Waals surface area contributed by atoms with Gasteiger partial charge in [-0.2, -0.15) is 4.98 Å². The van der Waals surface area contributed by atoms with Gasteiger partial charge in [0.2, 0.25) is 5.96 Å². The van der Waals surface area contributed by atoms with E-state index in [1.54, 1.807) is 0 Å². The molecule has 0 saturated carbocycles. The van der Waals surface area contributed by atoms with Gasteiger partial charge in [0.1, 0.15) is 11.3 Å². The molecule has 2 N–H and O–H groups in total. The van der Waals surface area contributed by atoms with Gasteiger partial charge in [-0.05, 0) is 35.6 Å². The Morgan fingerprint density at radius 1 is 1.13 bits per heavy atom. The van der Waals surface area contributed by atoms with Crippen molar-refractivity contribution >= 4 is 28.9 Å². The maximum Gasteiger partial charge on any atom is 0.302 e. The second-order valence-corrected chi connectivity index (χ2v) is 8.72. The number of aromatic nitrogens is 1. The number of Topliss-reactive ketones (excluding diaryl/α,β-unsaturated/α-hetero) is 1. The molecule has 0 unspecified atom stereocenters. The molecule has 2 heterocycles. The van der Waals surface area contributed by atoms with E-state index in [0.717, 1.165) is 22.3 Å². The summed E-state index contributed by atoms with van der Waals surface area (Å²) in [6, 6.07) is 15.8. The van der Waals surface area contributed by atoms with Crippen LogP contribution in [0.25, 0.3) is 11.1 Å². The van der Waals surface area contributed by atoms with E-state index in [-0.39, 0.29) is 23.2 Å². The van der Waals surface area contributed by atoms with Gasteiger partial charge >= 0.3 is 6.01 Å². The number of anilines is 1. The molecule has 6 heteroatoms. The first-order chi connectivity index (χ1) is 14.4. The van der Waals surface area contributed by atoms with Crippen molar-refractivity contribution in [3.8, 4) is 0 Å². The minimum atomic E-state index is -0.312. The Morgan fingerprint density at radius 2 is 1.90 bits per heavy atom. The van der Waals surface area contributed by atoms with Crippen LogP contribution in [0.1, 0.15) is 37.4 Å². The zero-order valence-corrected chi connectivity index (χ0v) is 17.3. The molecule has 0 fully saturated rings. The molecule has 3 aromatic rings. The lowest BCUT2D eigenvalue weighted by Gasteiger charge is -2.39. The number of carbonyl (C=O) groups is 1. The fourth-order valence-corrected chi connectivity index (χ4v) is 4.40. The number of allylic oxidation sites excluding steroid dienone is 1. The predicted octanol–water partition coefficient (Wildman–Crippen LogP) is 4.75. The molecule has 1 aliphatic heterocycles. The van der Waals surface area contributed by atoms with Crippen LogP contribution in [0.5, 0.6) is 0 Å². The molecule has 0 amide bonds. The van der Waals surface area contributed by atoms with Crippen molar-refractivity contribution in [3.05, 3.63) is 71.4 Å². The van der Waals surface area contributed by atoms with E-state index in [2.05, 4.69) is 54.6 Å². The van der Waals surface area contributed by atoms with Crippen LogP contribution >= 0.6 is 0 Å². The number of rotatable bonds is 2. The van der Waals surface area contributed by atoms with Gasteiger partial charge in [-0.15, -0.1) is 0 Å². The van der Waals surface area contributed by atoms with Gasteiger partial charge in [0.25, 0.3) is 0 Å². The van der Waals surface area contributed by atoms with E-state index < -0.39 is 0 Å². The van der Waals surface area contributed by atoms with Crippen molar-refractivity contribution in [1.82, 2.24) is 10.3 Å². The maximum atomic E-state index is 13.1. The van der Waals surface area contributed by atoms with Gasteiger partial charge in [0.15, 0.2) is 5.58 Å². The lowest BCUT2D eigenvalue weighted by Crippen LogP contribution is -2.46. The fourth-order valence-electron chi connectivity index (χ4n) is 4.40. The average Bonchev–Trinajstić information content (AvgIpc) is 3.08. The molecule has 0 radical (unpaired) electrons. The quantitative estimate of drug-likeness (QED) is 0.649. The van der Waals surface area contributed by atoms with Crippen molar-refractivity contribution in [2.75, 3.05) is 5.32 Å². The number of para-hydroxylation sites is 2. The van der Waals surface area contributed by atoms with Crippen LogP contribution < -0.4 is 10.6 Å². The van der Waals surface area contributed by atoms with Crippen LogP contribution in [0.4, 0.5) is 6.01 Å². The number of benzene rings is 2. The third kappa shape index (κ3) is 3.28. The number of guanidine groups is 1. The highest BCUT2D eigenvalue weighted by Crippen LogP contribution is 2.43. The summed E-state index contributed by atoms with van der Waals surface area (Å²) in [6.45, 7) is 6.22. The third-order valence-corrected chi connectivity index (χ3v) is 5.73. The van der Waals surface area contributed by atoms with Gasteiger partial charge in [0, 0.05) is 12.1 Å². The van der Waals surface area contributed by atoms with Crippen LogP contribution in [-0.2, 0) is 4.79 Å². The first-order valence-corrected chi connectivity index (χ1v) is 10.2. The van der Waals surface area contributed by atoms with Gasteiger partial charge in [-0.25, -0.2) is 4.99 Å². The minimum absolute atomic E-state index is 0.202. The molecule has 152 valence electrons. The average molecular weight is 400 g/mol. The molecule has 5 rings (SSSR count). The Morgan fingerprint density at radius 3 is 2.70 bits per heavy atom. The van der Waals surface area contributed by atoms with Gasteiger partial charge in [-0.3, -0.25) is 10.1 Å². The first-order valence-electron chi connectivity index (χ1n) is 10.2. The topological polar surface area (TPSA) is 79.5 Å². The Labute approximate surface area is 175 Å². The van der Waals surface area contributed by atoms with E-state index in [0.29, 0.717) is 24.0 Å². The van der Waals surface area contributed by atoms with Crippen LogP contribution in [0.15, 0.2) is 69.7 Å². The van der Waals surface area contributed by atoms with Gasteiger partial charge in [0.05, 0.1) is 12.0 Å². The molecule has 30 heavy (non-hydrogen) atoms. The second kappa shape index (κ2) is 6.83. The molecule has 2 aliphatic rings. The number of carbonyl (C=O) groups excluding carboxylic acids is 1. The smallest absolute Gasteiger partial charge is 0.302 e. The molecule has 0 saturated heterocycles. The molecule has 2 aromatic carbocycles. The normalized spacial score (nSPS) is 22.7. The van der Waals surface area contributed by atoms with Crippen molar-refractivity contribution in [2.24, 2.45) is 16.3 Å². The van der Waals surface area contributed by atoms with E-state index in [9.17, 15) is 4.79 Å². The Kier molecular flexibility index (Phi) is 4.24. The summed E-state index contributed by atoms with van der Waals surface area (Å²) in [5, 5.41) is 6.51. The van der Waals surface area contributed by atoms with E-state index >= 15 is 0 Å². The second-order valence-electron chi connectivity index (χ2n) is 8.72. The molecule has 1 aromatic heterocycles. The minimum Gasteiger partial charge on any atom is -0.423 e. The molecular weight excluding hydrogens is 376 g/mol. The SMILES string of the molecule is Cc1ccccc1[C@H]1N=C(Nc2nc3ccccc3o2)NC2=CC(C)(C)CC(=O)[C@@H]21. The summed E-state index contributed by atoms with van der Waals surface area (Å²) in [5.41, 5.74) is 4.34. The summed E-state index contributed by atoms with van der Waals surface area (Å²) >= 11 is 0. The highest BCUT2D eigenvalue weighted by atomic mass is 16.4. The van der Waals surface area contributed by atoms with Crippen LogP contribution in [0.3, 0.4) is 0 Å². The van der Waals surface area contributed by atoms with Crippen LogP contribution in [0, 0.1) is 18.3 Å². The van der Waals surface area contributed by atoms with Crippen molar-refractivity contribution in [2.45, 2.75) is 33.2 Å². The van der Waals surface area contributed by atoms with Crippen LogP contribution in [0.2, 0.25) is 0 Å². The number of fused-ring (bicyclic) bond motifs is 2. The summed E-state index contributed by atoms with van der Waals surface area (Å²) in [7, 11) is 0. The van der Waals surface area contributed by atoms with E-state index in [4.69, 9.17) is 9.41 Å². The summed E-state index contributed by atoms with van der Waals surface area (Å²) < 4.78 is 5.80. The summed E-state index contributed by atoms with van der Waals surface area (Å²) in [4.78, 5) is 22.5. The monoisotopic (exact) mass is 400 g/mol. The molecule has 0 spiro atoms. The summed E-state index contributed by atoms with van der Waals surface area (Å²) in [5.74, 6) is 0.430. The van der Waals surface area contributed by atoms with Crippen molar-refractivity contribution in [3.63, 3.8) is 0 Å². The van der Waals surface area contributed by atoms with E-state index in [1.807, 2.05) is 36.4 Å². The number of nitrogens with zero attached hydrogens (tertiary/aromatic N) is 2. The van der Waals surface area contributed by atoms with Crippen LogP contribution in [-0.4, -0.2) is 16.7 Å². The number of ketones is 1. The Bertz CT molecular complexity index is 1170. The number of hydrogen-bond acceptors (Lipinski definition) is 6. The van der Waals surface area contributed by atoms with Gasteiger partial charge in [-0.1, -0.05) is 56.3 Å². The Hall–Kier alpha value is -3.41. The lowest BCUT2D eigenvalue weighted by atomic mass is 9.72. The van der Waals surface area contributed by atoms with Gasteiger partial charge < -0.3 is 9.73 Å². The molecule has 1 aliphatic carbocycles. The zero-order valence-electron chi connectivity index (χ0n) is 17.3. The number of nitrogens with one attached hydrogen (secondary N) is 2. The zero-order chi connectivity index (χ0) is 20.9. The number of oxazole rings is 1. The number of aliphatic imine (C=N–C) groups is 1. The standard InChI is InChI=1S/C24H24N4O2/c1-14-8-4-5-9-15(14)21-20-17(12-24(2,3)13-18(20)29)25-22(27-21)28-23-26-16-10-6-7-11-19(16)30-23/h4-12,20-21H,13H2,1-3H3,(H2,25,26,27,28)/t20-,21-/m1/s1. The largest absolute Gasteiger partial charge is 0.423 e. The van der Waals surface area contributed by atoms with Crippen molar-refractivity contribution < 1.29 is 9.21 Å². The number of aryl methyl sites for hydroxylation is 1. The lowest BCUT2D eigenvalue weighted by molar-refractivity contribution is -0.124.